The van der Waals surface area contributed by atoms with E-state index in [-0.39, 0.29) is 5.78 Å². The minimum atomic E-state index is -1.21. The highest BCUT2D eigenvalue weighted by Gasteiger charge is 2.21. The van der Waals surface area contributed by atoms with E-state index in [1.165, 1.54) is 0 Å². The molecule has 1 aromatic rings. The van der Waals surface area contributed by atoms with Gasteiger partial charge in [-0.1, -0.05) is 36.9 Å². The van der Waals surface area contributed by atoms with Gasteiger partial charge in [0.2, 0.25) is 0 Å². The maximum absolute atomic E-state index is 11.8. The molecule has 1 amide bonds. The number of hydrogen-bond acceptors (Lipinski definition) is 2. The number of hydrogen-bond donors (Lipinski definition) is 2. The fourth-order valence-electron chi connectivity index (χ4n) is 1.51. The lowest BCUT2D eigenvalue weighted by Crippen LogP contribution is -2.41. The van der Waals surface area contributed by atoms with Crippen LogP contribution >= 0.6 is 0 Å². The van der Waals surface area contributed by atoms with E-state index < -0.39 is 12.1 Å². The van der Waals surface area contributed by atoms with E-state index in [0.29, 0.717) is 12.0 Å². The van der Waals surface area contributed by atoms with Crippen LogP contribution in [0.2, 0.25) is 0 Å². The Kier molecular flexibility index (Phi) is 4.46. The van der Waals surface area contributed by atoms with Crippen LogP contribution < -0.4 is 5.32 Å². The zero-order valence-corrected chi connectivity index (χ0v) is 9.64. The summed E-state index contributed by atoms with van der Waals surface area (Å²) in [5.74, 6) is -0.281. The molecule has 1 atom stereocenters. The number of Topliss-reactive ketones (excluding diaryl/α,β-unsaturated/α-hetero) is 1. The van der Waals surface area contributed by atoms with Gasteiger partial charge in [-0.2, -0.15) is 0 Å². The summed E-state index contributed by atoms with van der Waals surface area (Å²) in [6.45, 7) is 5.12. The molecule has 2 N–H and O–H groups in total. The van der Waals surface area contributed by atoms with Gasteiger partial charge in [0.15, 0.2) is 5.78 Å². The van der Waals surface area contributed by atoms with Crippen molar-refractivity contribution in [3.63, 3.8) is 0 Å². The van der Waals surface area contributed by atoms with Crippen LogP contribution in [-0.2, 0) is 11.2 Å². The fourth-order valence-corrected chi connectivity index (χ4v) is 1.51. The van der Waals surface area contributed by atoms with Crippen molar-refractivity contribution in [2.45, 2.75) is 19.4 Å². The van der Waals surface area contributed by atoms with Crippen molar-refractivity contribution in [3.8, 4) is 0 Å². The molecule has 1 rings (SSSR count). The molecule has 0 aliphatic rings. The molecule has 4 nitrogen and oxygen atoms in total. The van der Waals surface area contributed by atoms with Crippen molar-refractivity contribution in [2.75, 3.05) is 0 Å². The van der Waals surface area contributed by atoms with Gasteiger partial charge >= 0.3 is 6.09 Å². The number of ketones is 1. The largest absolute Gasteiger partial charge is 0.465 e. The SMILES string of the molecule is C=C(C)C(=O)[C@H](Cc1ccccc1)NC(=O)O. The van der Waals surface area contributed by atoms with Gasteiger partial charge < -0.3 is 10.4 Å². The van der Waals surface area contributed by atoms with Crippen LogP contribution in [0, 0.1) is 0 Å². The van der Waals surface area contributed by atoms with Gasteiger partial charge in [0.1, 0.15) is 0 Å². The van der Waals surface area contributed by atoms with Crippen LogP contribution in [0.25, 0.3) is 0 Å². The molecule has 4 heteroatoms. The number of benzene rings is 1. The first-order valence-corrected chi connectivity index (χ1v) is 5.24. The minimum Gasteiger partial charge on any atom is -0.465 e. The number of carboxylic acid groups (broad SMARTS) is 1. The average Bonchev–Trinajstić information content (AvgIpc) is 2.28. The Hall–Kier alpha value is -2.10. The van der Waals surface area contributed by atoms with Crippen molar-refractivity contribution >= 4 is 11.9 Å². The van der Waals surface area contributed by atoms with Crippen LogP contribution in [0.15, 0.2) is 42.5 Å². The molecular formula is C13H15NO3. The standard InChI is InChI=1S/C13H15NO3/c1-9(2)12(15)11(14-13(16)17)8-10-6-4-3-5-7-10/h3-7,11,14H,1,8H2,2H3,(H,16,17)/t11-/m0/s1. The summed E-state index contributed by atoms with van der Waals surface area (Å²) >= 11 is 0. The zero-order valence-electron chi connectivity index (χ0n) is 9.64. The second-order valence-corrected chi connectivity index (χ2v) is 3.84. The molecule has 0 saturated carbocycles. The molecule has 0 aromatic heterocycles. The molecule has 1 aromatic carbocycles. The van der Waals surface area contributed by atoms with Gasteiger partial charge in [0.05, 0.1) is 6.04 Å². The summed E-state index contributed by atoms with van der Waals surface area (Å²) in [4.78, 5) is 22.4. The fraction of sp³-hybridized carbons (Fsp3) is 0.231. The predicted octanol–water partition coefficient (Wildman–Crippen LogP) is 2.01. The Balaban J connectivity index is 2.81. The Bertz CT molecular complexity index is 426. The number of carbonyl (C=O) groups is 2. The van der Waals surface area contributed by atoms with Crippen molar-refractivity contribution in [2.24, 2.45) is 0 Å². The van der Waals surface area contributed by atoms with E-state index in [9.17, 15) is 9.59 Å². The van der Waals surface area contributed by atoms with Crippen molar-refractivity contribution in [3.05, 3.63) is 48.0 Å². The molecule has 0 heterocycles. The average molecular weight is 233 g/mol. The second kappa shape index (κ2) is 5.84. The van der Waals surface area contributed by atoms with Gasteiger partial charge in [-0.15, -0.1) is 0 Å². The monoisotopic (exact) mass is 233 g/mol. The summed E-state index contributed by atoms with van der Waals surface area (Å²) in [6.07, 6.45) is -0.876. The third-order valence-corrected chi connectivity index (χ3v) is 2.32. The first-order chi connectivity index (χ1) is 8.00. The number of carbonyl (C=O) groups excluding carboxylic acids is 1. The third-order valence-electron chi connectivity index (χ3n) is 2.32. The van der Waals surface area contributed by atoms with Gasteiger partial charge in [-0.3, -0.25) is 4.79 Å². The topological polar surface area (TPSA) is 66.4 Å². The van der Waals surface area contributed by atoms with Crippen molar-refractivity contribution in [1.82, 2.24) is 5.32 Å². The van der Waals surface area contributed by atoms with Crippen LogP contribution in [-0.4, -0.2) is 23.0 Å². The normalized spacial score (nSPS) is 11.6. The predicted molar refractivity (Wildman–Crippen MR) is 64.9 cm³/mol. The van der Waals surface area contributed by atoms with E-state index in [2.05, 4.69) is 11.9 Å². The van der Waals surface area contributed by atoms with E-state index in [1.54, 1.807) is 6.92 Å². The maximum atomic E-state index is 11.8. The summed E-state index contributed by atoms with van der Waals surface area (Å²) in [7, 11) is 0. The molecule has 0 fully saturated rings. The van der Waals surface area contributed by atoms with E-state index in [1.807, 2.05) is 30.3 Å². The van der Waals surface area contributed by atoms with Crippen LogP contribution in [0.3, 0.4) is 0 Å². The second-order valence-electron chi connectivity index (χ2n) is 3.84. The minimum absolute atomic E-state index is 0.281. The number of rotatable bonds is 5. The quantitative estimate of drug-likeness (QED) is 0.764. The van der Waals surface area contributed by atoms with Gasteiger partial charge in [-0.05, 0) is 18.1 Å². The lowest BCUT2D eigenvalue weighted by molar-refractivity contribution is -0.117. The van der Waals surface area contributed by atoms with Crippen molar-refractivity contribution < 1.29 is 14.7 Å². The summed E-state index contributed by atoms with van der Waals surface area (Å²) in [5.41, 5.74) is 1.25. The van der Waals surface area contributed by atoms with Crippen LogP contribution in [0.5, 0.6) is 0 Å². The smallest absolute Gasteiger partial charge is 0.405 e. The van der Waals surface area contributed by atoms with E-state index >= 15 is 0 Å². The summed E-state index contributed by atoms with van der Waals surface area (Å²) in [5, 5.41) is 10.9. The lowest BCUT2D eigenvalue weighted by Gasteiger charge is -2.15. The lowest BCUT2D eigenvalue weighted by atomic mass is 9.99. The highest BCUT2D eigenvalue weighted by molar-refractivity contribution is 5.99. The first-order valence-electron chi connectivity index (χ1n) is 5.24. The molecule has 17 heavy (non-hydrogen) atoms. The molecule has 0 radical (unpaired) electrons. The molecule has 0 spiro atoms. The van der Waals surface area contributed by atoms with Crippen molar-refractivity contribution in [1.29, 1.82) is 0 Å². The Morgan fingerprint density at radius 2 is 1.94 bits per heavy atom. The zero-order chi connectivity index (χ0) is 12.8. The Morgan fingerprint density at radius 3 is 2.41 bits per heavy atom. The molecule has 0 unspecified atom stereocenters. The number of nitrogens with one attached hydrogen (secondary N) is 1. The first kappa shape index (κ1) is 13.0. The van der Waals surface area contributed by atoms with E-state index in [4.69, 9.17) is 5.11 Å². The van der Waals surface area contributed by atoms with Crippen LogP contribution in [0.1, 0.15) is 12.5 Å². The molecule has 0 saturated heterocycles. The molecule has 0 aliphatic heterocycles. The van der Waals surface area contributed by atoms with E-state index in [0.717, 1.165) is 5.56 Å². The maximum Gasteiger partial charge on any atom is 0.405 e. The molecular weight excluding hydrogens is 218 g/mol. The highest BCUT2D eigenvalue weighted by atomic mass is 16.4. The molecule has 90 valence electrons. The van der Waals surface area contributed by atoms with Crippen LogP contribution in [0.4, 0.5) is 4.79 Å². The Morgan fingerprint density at radius 1 is 1.35 bits per heavy atom. The van der Waals surface area contributed by atoms with Gasteiger partial charge in [0, 0.05) is 6.42 Å². The highest BCUT2D eigenvalue weighted by Crippen LogP contribution is 2.07. The summed E-state index contributed by atoms with van der Waals surface area (Å²) < 4.78 is 0. The Labute approximate surface area is 100.0 Å². The summed E-state index contributed by atoms with van der Waals surface area (Å²) in [6, 6.07) is 8.48. The third kappa shape index (κ3) is 4.10. The van der Waals surface area contributed by atoms with Gasteiger partial charge in [-0.25, -0.2) is 4.79 Å². The van der Waals surface area contributed by atoms with Gasteiger partial charge in [0.25, 0.3) is 0 Å². The number of amides is 1. The molecule has 0 aliphatic carbocycles. The molecule has 0 bridgehead atoms.